The summed E-state index contributed by atoms with van der Waals surface area (Å²) in [6.07, 6.45) is 1.31. The van der Waals surface area contributed by atoms with Crippen LogP contribution in [0, 0.1) is 5.95 Å². The Morgan fingerprint density at radius 2 is 1.59 bits per heavy atom. The summed E-state index contributed by atoms with van der Waals surface area (Å²) in [5.74, 6) is -0.187. The fourth-order valence-electron chi connectivity index (χ4n) is 3.47. The van der Waals surface area contributed by atoms with Crippen molar-refractivity contribution in [1.82, 2.24) is 4.98 Å². The van der Waals surface area contributed by atoms with Crippen LogP contribution in [-0.2, 0) is 12.8 Å². The molecule has 0 unspecified atom stereocenters. The number of hydrogen-bond acceptors (Lipinski definition) is 2. The SMILES string of the molecule is CCc1ccc(-c2cccc(Cc3ccc(-c4ccccc4)nc3F)c2)c(O)c1. The van der Waals surface area contributed by atoms with Crippen molar-refractivity contribution in [2.75, 3.05) is 0 Å². The largest absolute Gasteiger partial charge is 0.507 e. The fourth-order valence-corrected chi connectivity index (χ4v) is 3.47. The molecule has 1 aromatic heterocycles. The van der Waals surface area contributed by atoms with Crippen LogP contribution in [0.1, 0.15) is 23.6 Å². The lowest BCUT2D eigenvalue weighted by Crippen LogP contribution is -1.97. The van der Waals surface area contributed by atoms with Crippen LogP contribution in [0.2, 0.25) is 0 Å². The van der Waals surface area contributed by atoms with Gasteiger partial charge in [0.1, 0.15) is 5.75 Å². The second kappa shape index (κ2) is 8.27. The minimum Gasteiger partial charge on any atom is -0.507 e. The molecule has 0 bridgehead atoms. The Bertz CT molecular complexity index is 1140. The van der Waals surface area contributed by atoms with Crippen molar-refractivity contribution in [2.45, 2.75) is 19.8 Å². The van der Waals surface area contributed by atoms with Gasteiger partial charge in [-0.2, -0.15) is 4.39 Å². The zero-order chi connectivity index (χ0) is 20.2. The highest BCUT2D eigenvalue weighted by Crippen LogP contribution is 2.31. The van der Waals surface area contributed by atoms with Gasteiger partial charge in [-0.3, -0.25) is 0 Å². The van der Waals surface area contributed by atoms with E-state index >= 15 is 0 Å². The van der Waals surface area contributed by atoms with Crippen LogP contribution >= 0.6 is 0 Å². The summed E-state index contributed by atoms with van der Waals surface area (Å²) < 4.78 is 14.6. The molecule has 0 saturated heterocycles. The van der Waals surface area contributed by atoms with Crippen LogP contribution in [0.15, 0.2) is 84.9 Å². The fraction of sp³-hybridized carbons (Fsp3) is 0.115. The molecule has 2 nitrogen and oxygen atoms in total. The first-order valence-electron chi connectivity index (χ1n) is 9.76. The first kappa shape index (κ1) is 18.9. The lowest BCUT2D eigenvalue weighted by atomic mass is 9.97. The lowest BCUT2D eigenvalue weighted by Gasteiger charge is -2.10. The maximum atomic E-state index is 14.6. The predicted molar refractivity (Wildman–Crippen MR) is 115 cm³/mol. The number of rotatable bonds is 5. The highest BCUT2D eigenvalue weighted by atomic mass is 19.1. The second-order valence-corrected chi connectivity index (χ2v) is 7.09. The third kappa shape index (κ3) is 4.19. The van der Waals surface area contributed by atoms with Crippen molar-refractivity contribution in [3.8, 4) is 28.1 Å². The Hall–Kier alpha value is -3.46. The Balaban J connectivity index is 1.60. The van der Waals surface area contributed by atoms with Gasteiger partial charge < -0.3 is 5.11 Å². The molecule has 144 valence electrons. The molecule has 29 heavy (non-hydrogen) atoms. The van der Waals surface area contributed by atoms with Crippen LogP contribution in [0.5, 0.6) is 5.75 Å². The first-order chi connectivity index (χ1) is 14.1. The highest BCUT2D eigenvalue weighted by Gasteiger charge is 2.10. The first-order valence-corrected chi connectivity index (χ1v) is 9.76. The van der Waals surface area contributed by atoms with Crippen LogP contribution in [0.25, 0.3) is 22.4 Å². The predicted octanol–water partition coefficient (Wildman–Crippen LogP) is 6.41. The van der Waals surface area contributed by atoms with E-state index in [0.717, 1.165) is 34.2 Å². The van der Waals surface area contributed by atoms with Crippen molar-refractivity contribution in [3.05, 3.63) is 108 Å². The van der Waals surface area contributed by atoms with E-state index in [1.54, 1.807) is 12.1 Å². The summed E-state index contributed by atoms with van der Waals surface area (Å²) in [6, 6.07) is 26.8. The van der Waals surface area contributed by atoms with Gasteiger partial charge in [0.15, 0.2) is 0 Å². The molecule has 4 aromatic rings. The van der Waals surface area contributed by atoms with Gasteiger partial charge in [-0.05, 0) is 35.2 Å². The Kier molecular flexibility index (Phi) is 5.39. The minimum absolute atomic E-state index is 0.265. The van der Waals surface area contributed by atoms with Gasteiger partial charge in [0.2, 0.25) is 5.95 Å². The van der Waals surface area contributed by atoms with Gasteiger partial charge in [0.05, 0.1) is 5.69 Å². The van der Waals surface area contributed by atoms with Crippen molar-refractivity contribution >= 4 is 0 Å². The van der Waals surface area contributed by atoms with Gasteiger partial charge >= 0.3 is 0 Å². The molecule has 0 aliphatic heterocycles. The molecule has 0 fully saturated rings. The average Bonchev–Trinajstić information content (AvgIpc) is 2.76. The number of hydrogen-bond donors (Lipinski definition) is 1. The summed E-state index contributed by atoms with van der Waals surface area (Å²) in [7, 11) is 0. The van der Waals surface area contributed by atoms with E-state index in [1.807, 2.05) is 72.8 Å². The number of halogens is 1. The molecular formula is C26H22FNO. The highest BCUT2D eigenvalue weighted by molar-refractivity contribution is 5.71. The van der Waals surface area contributed by atoms with Gasteiger partial charge in [-0.1, -0.05) is 79.7 Å². The Labute approximate surface area is 170 Å². The molecular weight excluding hydrogens is 361 g/mol. The summed E-state index contributed by atoms with van der Waals surface area (Å²) >= 11 is 0. The number of aromatic nitrogens is 1. The number of nitrogens with zero attached hydrogens (tertiary/aromatic N) is 1. The molecule has 3 heteroatoms. The normalized spacial score (nSPS) is 10.8. The standard InChI is InChI=1S/C26H22FNO/c1-2-18-11-13-23(25(29)17-18)21-10-6-7-19(15-21)16-22-12-14-24(28-26(22)27)20-8-4-3-5-9-20/h3-15,17,29H,2,16H2,1H3. The maximum Gasteiger partial charge on any atom is 0.216 e. The summed E-state index contributed by atoms with van der Waals surface area (Å²) in [5, 5.41) is 10.4. The number of phenols is 1. The number of benzene rings is 3. The van der Waals surface area contributed by atoms with Crippen molar-refractivity contribution in [1.29, 1.82) is 0 Å². The average molecular weight is 383 g/mol. The summed E-state index contributed by atoms with van der Waals surface area (Å²) in [4.78, 5) is 4.15. The van der Waals surface area contributed by atoms with Crippen LogP contribution < -0.4 is 0 Å². The quantitative estimate of drug-likeness (QED) is 0.404. The minimum atomic E-state index is -0.452. The Morgan fingerprint density at radius 3 is 2.31 bits per heavy atom. The van der Waals surface area contributed by atoms with E-state index in [0.29, 0.717) is 17.7 Å². The van der Waals surface area contributed by atoms with E-state index in [1.165, 1.54) is 0 Å². The van der Waals surface area contributed by atoms with Gasteiger partial charge in [-0.15, -0.1) is 0 Å². The molecule has 0 spiro atoms. The molecule has 0 amide bonds. The molecule has 0 aliphatic rings. The van der Waals surface area contributed by atoms with E-state index in [9.17, 15) is 9.50 Å². The number of aromatic hydroxyl groups is 1. The molecule has 3 aromatic carbocycles. The van der Waals surface area contributed by atoms with E-state index in [2.05, 4.69) is 11.9 Å². The molecule has 0 atom stereocenters. The molecule has 1 N–H and O–H groups in total. The maximum absolute atomic E-state index is 14.6. The van der Waals surface area contributed by atoms with Crippen LogP contribution in [0.4, 0.5) is 4.39 Å². The van der Waals surface area contributed by atoms with E-state index in [4.69, 9.17) is 0 Å². The van der Waals surface area contributed by atoms with Crippen LogP contribution in [0.3, 0.4) is 0 Å². The molecule has 0 aliphatic carbocycles. The monoisotopic (exact) mass is 383 g/mol. The third-order valence-corrected chi connectivity index (χ3v) is 5.10. The number of aryl methyl sites for hydroxylation is 1. The second-order valence-electron chi connectivity index (χ2n) is 7.09. The molecule has 1 heterocycles. The van der Waals surface area contributed by atoms with E-state index in [-0.39, 0.29) is 5.75 Å². The Morgan fingerprint density at radius 1 is 0.793 bits per heavy atom. The smallest absolute Gasteiger partial charge is 0.216 e. The lowest BCUT2D eigenvalue weighted by molar-refractivity contribution is 0.476. The van der Waals surface area contributed by atoms with Gasteiger partial charge in [-0.25, -0.2) is 4.98 Å². The molecule has 0 radical (unpaired) electrons. The van der Waals surface area contributed by atoms with Gasteiger partial charge in [0, 0.05) is 23.1 Å². The van der Waals surface area contributed by atoms with Gasteiger partial charge in [0.25, 0.3) is 0 Å². The third-order valence-electron chi connectivity index (χ3n) is 5.10. The molecule has 0 saturated carbocycles. The zero-order valence-corrected chi connectivity index (χ0v) is 16.3. The van der Waals surface area contributed by atoms with E-state index < -0.39 is 5.95 Å². The summed E-state index contributed by atoms with van der Waals surface area (Å²) in [6.45, 7) is 2.06. The van der Waals surface area contributed by atoms with Crippen molar-refractivity contribution < 1.29 is 9.50 Å². The number of phenolic OH excluding ortho intramolecular Hbond substituents is 1. The molecule has 4 rings (SSSR count). The topological polar surface area (TPSA) is 33.1 Å². The zero-order valence-electron chi connectivity index (χ0n) is 16.3. The number of pyridine rings is 1. The van der Waals surface area contributed by atoms with Crippen molar-refractivity contribution in [3.63, 3.8) is 0 Å². The summed E-state index contributed by atoms with van der Waals surface area (Å²) in [5.41, 5.74) is 5.82. The van der Waals surface area contributed by atoms with Crippen molar-refractivity contribution in [2.24, 2.45) is 0 Å². The van der Waals surface area contributed by atoms with Crippen LogP contribution in [-0.4, -0.2) is 10.1 Å².